The Balaban J connectivity index is 1.55. The zero-order chi connectivity index (χ0) is 18.0. The molecule has 0 saturated carbocycles. The van der Waals surface area contributed by atoms with Gasteiger partial charge in [0.05, 0.1) is 6.26 Å². The summed E-state index contributed by atoms with van der Waals surface area (Å²) >= 11 is 0. The van der Waals surface area contributed by atoms with E-state index < -0.39 is 22.0 Å². The lowest BCUT2D eigenvalue weighted by molar-refractivity contribution is -0.155. The van der Waals surface area contributed by atoms with Crippen LogP contribution < -0.4 is 0 Å². The standard InChI is InChI=1S/C17H22N2O5S/c1-25(22,23)19-9-4-7-15(19)17(21)24-12-16(20)18-10-8-13-5-2-3-6-14(13)11-18/h2-3,5-6,15H,4,7-12H2,1H3/t15-/m0/s1. The minimum Gasteiger partial charge on any atom is -0.454 e. The van der Waals surface area contributed by atoms with Gasteiger partial charge in [-0.25, -0.2) is 8.42 Å². The smallest absolute Gasteiger partial charge is 0.324 e. The number of carbonyl (C=O) groups is 2. The van der Waals surface area contributed by atoms with Gasteiger partial charge in [-0.2, -0.15) is 4.31 Å². The summed E-state index contributed by atoms with van der Waals surface area (Å²) in [6, 6.07) is 7.14. The third-order valence-electron chi connectivity index (χ3n) is 4.72. The predicted molar refractivity (Wildman–Crippen MR) is 91.1 cm³/mol. The lowest BCUT2D eigenvalue weighted by Gasteiger charge is -2.29. The Morgan fingerprint density at radius 3 is 2.64 bits per heavy atom. The van der Waals surface area contributed by atoms with Crippen LogP contribution in [0.4, 0.5) is 0 Å². The van der Waals surface area contributed by atoms with Crippen molar-refractivity contribution in [3.63, 3.8) is 0 Å². The first kappa shape index (κ1) is 17.9. The number of carbonyl (C=O) groups excluding carboxylic acids is 2. The van der Waals surface area contributed by atoms with Crippen molar-refractivity contribution >= 4 is 21.9 Å². The van der Waals surface area contributed by atoms with Gasteiger partial charge in [-0.05, 0) is 30.4 Å². The van der Waals surface area contributed by atoms with Gasteiger partial charge >= 0.3 is 5.97 Å². The normalized spacial score (nSPS) is 21.0. The fourth-order valence-electron chi connectivity index (χ4n) is 3.40. The van der Waals surface area contributed by atoms with Crippen molar-refractivity contribution in [3.8, 4) is 0 Å². The molecule has 0 N–H and O–H groups in total. The highest BCUT2D eigenvalue weighted by Crippen LogP contribution is 2.22. The van der Waals surface area contributed by atoms with Gasteiger partial charge in [-0.15, -0.1) is 0 Å². The molecule has 1 saturated heterocycles. The molecule has 0 bridgehead atoms. The van der Waals surface area contributed by atoms with Gasteiger partial charge in [0.25, 0.3) is 5.91 Å². The number of fused-ring (bicyclic) bond motifs is 1. The summed E-state index contributed by atoms with van der Waals surface area (Å²) in [5, 5.41) is 0. The fraction of sp³-hybridized carbons (Fsp3) is 0.529. The average molecular weight is 366 g/mol. The molecule has 8 heteroatoms. The molecule has 1 amide bonds. The highest BCUT2D eigenvalue weighted by atomic mass is 32.2. The first-order valence-corrected chi connectivity index (χ1v) is 10.2. The van der Waals surface area contributed by atoms with Crippen molar-refractivity contribution in [3.05, 3.63) is 35.4 Å². The quantitative estimate of drug-likeness (QED) is 0.726. The Labute approximate surface area is 147 Å². The zero-order valence-electron chi connectivity index (χ0n) is 14.2. The molecule has 1 atom stereocenters. The molecule has 1 fully saturated rings. The van der Waals surface area contributed by atoms with Crippen LogP contribution in [0.25, 0.3) is 0 Å². The Bertz CT molecular complexity index is 777. The molecule has 0 aliphatic carbocycles. The summed E-state index contributed by atoms with van der Waals surface area (Å²) in [6.07, 6.45) is 2.90. The Kier molecular flexibility index (Phi) is 5.10. The van der Waals surface area contributed by atoms with Crippen LogP contribution in [0.15, 0.2) is 24.3 Å². The van der Waals surface area contributed by atoms with Gasteiger partial charge in [-0.3, -0.25) is 9.59 Å². The van der Waals surface area contributed by atoms with Crippen molar-refractivity contribution in [1.29, 1.82) is 0 Å². The minimum atomic E-state index is -3.45. The third kappa shape index (κ3) is 4.01. The van der Waals surface area contributed by atoms with Crippen molar-refractivity contribution in [2.45, 2.75) is 31.8 Å². The van der Waals surface area contributed by atoms with Crippen molar-refractivity contribution in [2.24, 2.45) is 0 Å². The second-order valence-corrected chi connectivity index (χ2v) is 8.41. The van der Waals surface area contributed by atoms with Gasteiger partial charge in [0, 0.05) is 19.6 Å². The first-order valence-electron chi connectivity index (χ1n) is 8.34. The molecular formula is C17H22N2O5S. The number of rotatable bonds is 4. The maximum Gasteiger partial charge on any atom is 0.324 e. The van der Waals surface area contributed by atoms with E-state index in [1.54, 1.807) is 4.90 Å². The van der Waals surface area contributed by atoms with Crippen LogP contribution in [0, 0.1) is 0 Å². The second kappa shape index (κ2) is 7.13. The van der Waals surface area contributed by atoms with Crippen LogP contribution in [0.5, 0.6) is 0 Å². The predicted octanol–water partition coefficient (Wildman–Crippen LogP) is 0.539. The largest absolute Gasteiger partial charge is 0.454 e. The van der Waals surface area contributed by atoms with E-state index in [1.165, 1.54) is 5.56 Å². The van der Waals surface area contributed by atoms with Gasteiger partial charge < -0.3 is 9.64 Å². The summed E-state index contributed by atoms with van der Waals surface area (Å²) in [6.45, 7) is 1.06. The number of benzene rings is 1. The Hall–Kier alpha value is -1.93. The number of ether oxygens (including phenoxy) is 1. The average Bonchev–Trinajstić information content (AvgIpc) is 3.09. The fourth-order valence-corrected chi connectivity index (χ4v) is 4.52. The summed E-state index contributed by atoms with van der Waals surface area (Å²) in [4.78, 5) is 26.2. The second-order valence-electron chi connectivity index (χ2n) is 6.47. The summed E-state index contributed by atoms with van der Waals surface area (Å²) in [7, 11) is -3.45. The van der Waals surface area contributed by atoms with E-state index >= 15 is 0 Å². The van der Waals surface area contributed by atoms with E-state index in [9.17, 15) is 18.0 Å². The topological polar surface area (TPSA) is 84.0 Å². The lowest BCUT2D eigenvalue weighted by Crippen LogP contribution is -2.43. The summed E-state index contributed by atoms with van der Waals surface area (Å²) in [5.41, 5.74) is 2.34. The molecule has 3 rings (SSSR count). The molecule has 25 heavy (non-hydrogen) atoms. The maximum absolute atomic E-state index is 12.3. The molecule has 0 unspecified atom stereocenters. The Morgan fingerprint density at radius 1 is 1.20 bits per heavy atom. The van der Waals surface area contributed by atoms with E-state index in [2.05, 4.69) is 6.07 Å². The van der Waals surface area contributed by atoms with Crippen molar-refractivity contribution in [1.82, 2.24) is 9.21 Å². The molecule has 0 radical (unpaired) electrons. The van der Waals surface area contributed by atoms with Crippen LogP contribution in [0.1, 0.15) is 24.0 Å². The summed E-state index contributed by atoms with van der Waals surface area (Å²) < 4.78 is 29.7. The molecule has 2 aliphatic heterocycles. The lowest BCUT2D eigenvalue weighted by atomic mass is 10.00. The van der Waals surface area contributed by atoms with Crippen LogP contribution in [0.3, 0.4) is 0 Å². The first-order chi connectivity index (χ1) is 11.9. The number of sulfonamides is 1. The number of nitrogens with zero attached hydrogens (tertiary/aromatic N) is 2. The summed E-state index contributed by atoms with van der Waals surface area (Å²) in [5.74, 6) is -0.902. The molecule has 2 heterocycles. The van der Waals surface area contributed by atoms with E-state index in [-0.39, 0.29) is 12.5 Å². The number of esters is 1. The van der Waals surface area contributed by atoms with Gasteiger partial charge in [-0.1, -0.05) is 24.3 Å². The molecule has 0 spiro atoms. The highest BCUT2D eigenvalue weighted by molar-refractivity contribution is 7.88. The van der Waals surface area contributed by atoms with Crippen molar-refractivity contribution in [2.75, 3.05) is 26.0 Å². The zero-order valence-corrected chi connectivity index (χ0v) is 15.0. The molecule has 1 aromatic rings. The van der Waals surface area contributed by atoms with Crippen LogP contribution in [0.2, 0.25) is 0 Å². The maximum atomic E-state index is 12.3. The number of amides is 1. The molecule has 1 aromatic carbocycles. The van der Waals surface area contributed by atoms with Crippen LogP contribution in [-0.4, -0.2) is 61.5 Å². The minimum absolute atomic E-state index is 0.258. The Morgan fingerprint density at radius 2 is 1.92 bits per heavy atom. The SMILES string of the molecule is CS(=O)(=O)N1CCC[C@H]1C(=O)OCC(=O)N1CCc2ccccc2C1. The molecular weight excluding hydrogens is 344 g/mol. The molecule has 2 aliphatic rings. The molecule has 136 valence electrons. The van der Waals surface area contributed by atoms with Gasteiger partial charge in [0.15, 0.2) is 6.61 Å². The van der Waals surface area contributed by atoms with Gasteiger partial charge in [0.1, 0.15) is 6.04 Å². The van der Waals surface area contributed by atoms with E-state index in [4.69, 9.17) is 4.74 Å². The van der Waals surface area contributed by atoms with Crippen LogP contribution in [-0.2, 0) is 37.3 Å². The highest BCUT2D eigenvalue weighted by Gasteiger charge is 2.37. The monoisotopic (exact) mass is 366 g/mol. The van der Waals surface area contributed by atoms with E-state index in [1.807, 2.05) is 18.2 Å². The third-order valence-corrected chi connectivity index (χ3v) is 6.01. The molecule has 7 nitrogen and oxygen atoms in total. The van der Waals surface area contributed by atoms with Gasteiger partial charge in [0.2, 0.25) is 10.0 Å². The van der Waals surface area contributed by atoms with E-state index in [0.717, 1.165) is 22.5 Å². The van der Waals surface area contributed by atoms with E-state index in [0.29, 0.717) is 32.5 Å². The number of hydrogen-bond donors (Lipinski definition) is 0. The number of hydrogen-bond acceptors (Lipinski definition) is 5. The van der Waals surface area contributed by atoms with Crippen molar-refractivity contribution < 1.29 is 22.7 Å². The van der Waals surface area contributed by atoms with Crippen LogP contribution >= 0.6 is 0 Å². The molecule has 0 aromatic heterocycles.